The van der Waals surface area contributed by atoms with Crippen molar-refractivity contribution in [3.63, 3.8) is 0 Å². The fraction of sp³-hybridized carbons (Fsp3) is 0.588. The van der Waals surface area contributed by atoms with E-state index in [1.165, 1.54) is 43.4 Å². The van der Waals surface area contributed by atoms with Gasteiger partial charge in [-0.2, -0.15) is 0 Å². The number of thiazole rings is 1. The van der Waals surface area contributed by atoms with Gasteiger partial charge in [0.1, 0.15) is 5.76 Å². The Morgan fingerprint density at radius 1 is 1.32 bits per heavy atom. The Hall–Kier alpha value is -1.54. The van der Waals surface area contributed by atoms with E-state index in [2.05, 4.69) is 20.6 Å². The molecule has 0 aromatic carbocycles. The van der Waals surface area contributed by atoms with Crippen molar-refractivity contribution in [3.05, 3.63) is 24.0 Å². The molecule has 2 aromatic rings. The third kappa shape index (κ3) is 5.74. The molecule has 2 amide bonds. The summed E-state index contributed by atoms with van der Waals surface area (Å²) in [4.78, 5) is 20.5. The molecule has 0 saturated heterocycles. The molecule has 1 fully saturated rings. The minimum atomic E-state index is -0.170. The van der Waals surface area contributed by atoms with Gasteiger partial charge in [0, 0.05) is 13.0 Å². The van der Waals surface area contributed by atoms with Gasteiger partial charge in [0.2, 0.25) is 5.89 Å². The third-order valence-corrected chi connectivity index (χ3v) is 6.36. The molecule has 2 N–H and O–H groups in total. The lowest BCUT2D eigenvalue weighted by atomic mass is 9.89. The molecule has 3 rings (SSSR count). The highest BCUT2D eigenvalue weighted by Crippen LogP contribution is 2.30. The number of aromatic nitrogens is 2. The molecule has 0 spiro atoms. The standard InChI is InChI=1S/C17H24N4O2S2/c1-2-13-9-18-14(23-13)11-24-15-10-20-17(25-15)21-16(22)19-8-12-6-4-3-5-7-12/h9-10,12H,2-8,11H2,1H3,(H2,19,20,21,22). The first kappa shape index (κ1) is 18.3. The van der Waals surface area contributed by atoms with E-state index in [9.17, 15) is 4.79 Å². The highest BCUT2D eigenvalue weighted by atomic mass is 32.2. The zero-order valence-electron chi connectivity index (χ0n) is 14.4. The number of aryl methyl sites for hydroxylation is 1. The first-order valence-corrected chi connectivity index (χ1v) is 10.6. The molecule has 136 valence electrons. The van der Waals surface area contributed by atoms with Gasteiger partial charge in [-0.05, 0) is 18.8 Å². The number of hydrogen-bond donors (Lipinski definition) is 2. The first-order chi connectivity index (χ1) is 12.2. The predicted octanol–water partition coefficient (Wildman–Crippen LogP) is 4.69. The summed E-state index contributed by atoms with van der Waals surface area (Å²) in [5.41, 5.74) is 0. The number of nitrogens with zero attached hydrogens (tertiary/aromatic N) is 2. The van der Waals surface area contributed by atoms with Crippen LogP contribution in [0.1, 0.15) is 50.7 Å². The number of oxazole rings is 1. The van der Waals surface area contributed by atoms with Crippen LogP contribution in [0.15, 0.2) is 21.0 Å². The number of hydrogen-bond acceptors (Lipinski definition) is 6. The van der Waals surface area contributed by atoms with Crippen molar-refractivity contribution in [3.8, 4) is 0 Å². The molecule has 6 nitrogen and oxygen atoms in total. The summed E-state index contributed by atoms with van der Waals surface area (Å²) in [5.74, 6) is 2.90. The molecular weight excluding hydrogens is 356 g/mol. The molecule has 1 aliphatic carbocycles. The van der Waals surface area contributed by atoms with Crippen LogP contribution in [0.25, 0.3) is 0 Å². The van der Waals surface area contributed by atoms with E-state index in [-0.39, 0.29) is 6.03 Å². The lowest BCUT2D eigenvalue weighted by molar-refractivity contribution is 0.247. The normalized spacial score (nSPS) is 15.2. The smallest absolute Gasteiger partial charge is 0.321 e. The third-order valence-electron chi connectivity index (χ3n) is 4.27. The quantitative estimate of drug-likeness (QED) is 0.681. The highest BCUT2D eigenvalue weighted by molar-refractivity contribution is 8.00. The summed E-state index contributed by atoms with van der Waals surface area (Å²) in [6.45, 7) is 2.79. The Morgan fingerprint density at radius 3 is 2.92 bits per heavy atom. The second-order valence-electron chi connectivity index (χ2n) is 6.19. The van der Waals surface area contributed by atoms with Crippen LogP contribution in [0.3, 0.4) is 0 Å². The summed E-state index contributed by atoms with van der Waals surface area (Å²) >= 11 is 3.07. The van der Waals surface area contributed by atoms with E-state index in [0.717, 1.165) is 28.8 Å². The maximum absolute atomic E-state index is 12.0. The Morgan fingerprint density at radius 2 is 2.16 bits per heavy atom. The van der Waals surface area contributed by atoms with Gasteiger partial charge in [0.25, 0.3) is 0 Å². The Labute approximate surface area is 156 Å². The molecule has 0 radical (unpaired) electrons. The van der Waals surface area contributed by atoms with Crippen LogP contribution in [0.5, 0.6) is 0 Å². The Kier molecular flexibility index (Phi) is 6.75. The molecule has 0 aliphatic heterocycles. The van der Waals surface area contributed by atoms with E-state index in [1.807, 2.05) is 6.92 Å². The topological polar surface area (TPSA) is 80.0 Å². The molecule has 2 heterocycles. The molecule has 0 unspecified atom stereocenters. The summed E-state index contributed by atoms with van der Waals surface area (Å²) in [6.07, 6.45) is 10.7. The van der Waals surface area contributed by atoms with E-state index >= 15 is 0 Å². The molecule has 1 saturated carbocycles. The van der Waals surface area contributed by atoms with Gasteiger partial charge in [-0.1, -0.05) is 37.5 Å². The van der Waals surface area contributed by atoms with Crippen molar-refractivity contribution in [2.75, 3.05) is 11.9 Å². The van der Waals surface area contributed by atoms with E-state index in [1.54, 1.807) is 24.2 Å². The molecule has 25 heavy (non-hydrogen) atoms. The zero-order chi connectivity index (χ0) is 17.5. The van der Waals surface area contributed by atoms with Crippen LogP contribution in [-0.2, 0) is 12.2 Å². The zero-order valence-corrected chi connectivity index (χ0v) is 16.0. The Bertz CT molecular complexity index is 680. The second kappa shape index (κ2) is 9.24. The lowest BCUT2D eigenvalue weighted by Crippen LogP contribution is -2.33. The number of anilines is 1. The SMILES string of the molecule is CCc1cnc(CSc2cnc(NC(=O)NCC3CCCCC3)s2)o1. The summed E-state index contributed by atoms with van der Waals surface area (Å²) in [7, 11) is 0. The van der Waals surface area contributed by atoms with E-state index in [0.29, 0.717) is 16.8 Å². The Balaban J connectivity index is 1.40. The lowest BCUT2D eigenvalue weighted by Gasteiger charge is -2.21. The van der Waals surface area contributed by atoms with Crippen molar-refractivity contribution in [2.45, 2.75) is 55.4 Å². The molecule has 0 bridgehead atoms. The van der Waals surface area contributed by atoms with Crippen molar-refractivity contribution in [2.24, 2.45) is 5.92 Å². The van der Waals surface area contributed by atoms with Crippen LogP contribution in [0, 0.1) is 5.92 Å². The molecule has 1 aliphatic rings. The number of thioether (sulfide) groups is 1. The van der Waals surface area contributed by atoms with Crippen molar-refractivity contribution in [1.82, 2.24) is 15.3 Å². The highest BCUT2D eigenvalue weighted by Gasteiger charge is 2.15. The number of nitrogens with one attached hydrogen (secondary N) is 2. The van der Waals surface area contributed by atoms with Crippen molar-refractivity contribution < 1.29 is 9.21 Å². The molecule has 2 aromatic heterocycles. The predicted molar refractivity (Wildman–Crippen MR) is 101 cm³/mol. The largest absolute Gasteiger partial charge is 0.445 e. The summed E-state index contributed by atoms with van der Waals surface area (Å²) < 4.78 is 6.61. The maximum atomic E-state index is 12.0. The van der Waals surface area contributed by atoms with Crippen LogP contribution < -0.4 is 10.6 Å². The van der Waals surface area contributed by atoms with Crippen LogP contribution in [0.2, 0.25) is 0 Å². The minimum absolute atomic E-state index is 0.170. The van der Waals surface area contributed by atoms with Gasteiger partial charge >= 0.3 is 6.03 Å². The van der Waals surface area contributed by atoms with Gasteiger partial charge in [0.05, 0.1) is 22.4 Å². The number of carbonyl (C=O) groups excluding carboxylic acids is 1. The average Bonchev–Trinajstić information content (AvgIpc) is 3.28. The van der Waals surface area contributed by atoms with Gasteiger partial charge in [-0.25, -0.2) is 14.8 Å². The summed E-state index contributed by atoms with van der Waals surface area (Å²) in [6, 6.07) is -0.170. The van der Waals surface area contributed by atoms with Gasteiger partial charge in [-0.3, -0.25) is 5.32 Å². The fourth-order valence-electron chi connectivity index (χ4n) is 2.86. The van der Waals surface area contributed by atoms with Crippen LogP contribution >= 0.6 is 23.1 Å². The number of urea groups is 1. The fourth-order valence-corrected chi connectivity index (χ4v) is 4.59. The first-order valence-electron chi connectivity index (χ1n) is 8.80. The molecule has 0 atom stereocenters. The van der Waals surface area contributed by atoms with Gasteiger partial charge < -0.3 is 9.73 Å². The average molecular weight is 381 g/mol. The number of amides is 2. The van der Waals surface area contributed by atoms with Crippen molar-refractivity contribution >= 4 is 34.3 Å². The van der Waals surface area contributed by atoms with E-state index in [4.69, 9.17) is 4.42 Å². The van der Waals surface area contributed by atoms with Gasteiger partial charge in [-0.15, -0.1) is 11.8 Å². The molecule has 8 heteroatoms. The maximum Gasteiger partial charge on any atom is 0.321 e. The van der Waals surface area contributed by atoms with E-state index < -0.39 is 0 Å². The summed E-state index contributed by atoms with van der Waals surface area (Å²) in [5, 5.41) is 6.40. The van der Waals surface area contributed by atoms with Gasteiger partial charge in [0.15, 0.2) is 5.13 Å². The van der Waals surface area contributed by atoms with Crippen LogP contribution in [0.4, 0.5) is 9.93 Å². The number of rotatable bonds is 7. The minimum Gasteiger partial charge on any atom is -0.445 e. The monoisotopic (exact) mass is 380 g/mol. The number of carbonyl (C=O) groups is 1. The second-order valence-corrected chi connectivity index (χ2v) is 8.49. The molecular formula is C17H24N4O2S2. The van der Waals surface area contributed by atoms with Crippen molar-refractivity contribution in [1.29, 1.82) is 0 Å². The van der Waals surface area contributed by atoms with Crippen LogP contribution in [-0.4, -0.2) is 22.5 Å².